The van der Waals surface area contributed by atoms with E-state index in [9.17, 15) is 9.90 Å². The van der Waals surface area contributed by atoms with Gasteiger partial charge in [0.05, 0.1) is 5.97 Å². The fraction of sp³-hybridized carbons (Fsp3) is 0.167. The minimum Gasteiger partial charge on any atom is -0.543 e. The summed E-state index contributed by atoms with van der Waals surface area (Å²) in [6, 6.07) is 6.62. The molecule has 1 aromatic carbocycles. The zero-order chi connectivity index (χ0) is 13.1. The molecule has 0 unspecified atom stereocenters. The summed E-state index contributed by atoms with van der Waals surface area (Å²) in [5.74, 6) is -0.668. The molecule has 0 aliphatic carbocycles. The number of aromatic nitrogens is 2. The van der Waals surface area contributed by atoms with Crippen LogP contribution in [0.15, 0.2) is 30.5 Å². The number of carbonyl (C=O) groups is 1. The van der Waals surface area contributed by atoms with Crippen molar-refractivity contribution in [2.75, 3.05) is 0 Å². The van der Waals surface area contributed by atoms with Crippen molar-refractivity contribution in [2.24, 2.45) is 0 Å². The number of ether oxygens (including phenoxy) is 1. The fourth-order valence-electron chi connectivity index (χ4n) is 1.39. The van der Waals surface area contributed by atoms with Crippen LogP contribution in [0, 0.1) is 6.92 Å². The van der Waals surface area contributed by atoms with Crippen molar-refractivity contribution in [3.63, 3.8) is 0 Å². The second kappa shape index (κ2) is 5.10. The van der Waals surface area contributed by atoms with E-state index in [0.29, 0.717) is 10.8 Å². The van der Waals surface area contributed by atoms with E-state index in [-0.39, 0.29) is 12.4 Å². The molecule has 0 aliphatic heterocycles. The number of aromatic carboxylic acids is 1. The van der Waals surface area contributed by atoms with Crippen LogP contribution in [0.4, 0.5) is 0 Å². The van der Waals surface area contributed by atoms with Crippen LogP contribution in [0.3, 0.4) is 0 Å². The Morgan fingerprint density at radius 2 is 2.28 bits per heavy atom. The number of halogens is 1. The third-order valence-electron chi connectivity index (χ3n) is 2.34. The summed E-state index contributed by atoms with van der Waals surface area (Å²) in [7, 11) is 0. The Labute approximate surface area is 109 Å². The van der Waals surface area contributed by atoms with Gasteiger partial charge in [-0.05, 0) is 36.8 Å². The molecule has 0 aliphatic rings. The Morgan fingerprint density at radius 1 is 1.50 bits per heavy atom. The number of nitrogens with zero attached hydrogens (tertiary/aromatic N) is 2. The number of aryl methyl sites for hydroxylation is 1. The minimum atomic E-state index is -1.31. The van der Waals surface area contributed by atoms with E-state index in [0.717, 1.165) is 5.56 Å². The first kappa shape index (κ1) is 12.4. The number of carboxylic acid groups (broad SMARTS) is 1. The number of carboxylic acids is 1. The van der Waals surface area contributed by atoms with Crippen LogP contribution >= 0.6 is 11.6 Å². The van der Waals surface area contributed by atoms with Gasteiger partial charge in [0.15, 0.2) is 6.73 Å². The molecule has 2 aromatic rings. The standard InChI is InChI=1S/C12H11ClN2O3/c1-8-6-9(2-3-10(8)13)18-7-15-5-4-11(14-15)12(16)17/h2-6H,7H2,1H3,(H,16,17)/p-1. The van der Waals surface area contributed by atoms with E-state index in [1.807, 2.05) is 6.92 Å². The average Bonchev–Trinajstić information content (AvgIpc) is 2.79. The van der Waals surface area contributed by atoms with E-state index in [2.05, 4.69) is 5.10 Å². The first-order valence-electron chi connectivity index (χ1n) is 5.20. The maximum atomic E-state index is 10.5. The Bertz CT molecular complexity index is 580. The summed E-state index contributed by atoms with van der Waals surface area (Å²) in [4.78, 5) is 10.5. The molecule has 2 rings (SSSR count). The van der Waals surface area contributed by atoms with Gasteiger partial charge in [-0.15, -0.1) is 0 Å². The van der Waals surface area contributed by atoms with Crippen LogP contribution < -0.4 is 9.84 Å². The van der Waals surface area contributed by atoms with Gasteiger partial charge < -0.3 is 14.6 Å². The number of benzene rings is 1. The molecule has 0 atom stereocenters. The highest BCUT2D eigenvalue weighted by molar-refractivity contribution is 6.31. The minimum absolute atomic E-state index is 0.119. The van der Waals surface area contributed by atoms with E-state index in [4.69, 9.17) is 16.3 Å². The predicted molar refractivity (Wildman–Crippen MR) is 63.4 cm³/mol. The molecule has 0 N–H and O–H groups in total. The number of hydrogen-bond acceptors (Lipinski definition) is 4. The van der Waals surface area contributed by atoms with Crippen LogP contribution in [-0.4, -0.2) is 15.7 Å². The summed E-state index contributed by atoms with van der Waals surface area (Å²) in [6.07, 6.45) is 1.51. The molecule has 0 fully saturated rings. The first-order chi connectivity index (χ1) is 8.56. The molecule has 0 saturated carbocycles. The van der Waals surface area contributed by atoms with Crippen LogP contribution in [0.1, 0.15) is 16.1 Å². The second-order valence-electron chi connectivity index (χ2n) is 3.71. The molecule has 94 valence electrons. The van der Waals surface area contributed by atoms with Crippen molar-refractivity contribution in [2.45, 2.75) is 13.7 Å². The zero-order valence-corrected chi connectivity index (χ0v) is 10.3. The molecule has 0 bridgehead atoms. The van der Waals surface area contributed by atoms with Crippen molar-refractivity contribution < 1.29 is 14.6 Å². The van der Waals surface area contributed by atoms with Crippen LogP contribution in [0.5, 0.6) is 5.75 Å². The summed E-state index contributed by atoms with van der Waals surface area (Å²) in [5.41, 5.74) is 0.788. The van der Waals surface area contributed by atoms with Gasteiger partial charge in [-0.2, -0.15) is 5.10 Å². The van der Waals surface area contributed by atoms with Crippen LogP contribution in [0.25, 0.3) is 0 Å². The molecule has 5 nitrogen and oxygen atoms in total. The molecule has 1 aromatic heterocycles. The molecule has 0 radical (unpaired) electrons. The quantitative estimate of drug-likeness (QED) is 0.834. The fourth-order valence-corrected chi connectivity index (χ4v) is 1.51. The lowest BCUT2D eigenvalue weighted by Gasteiger charge is -2.07. The van der Waals surface area contributed by atoms with E-state index in [1.165, 1.54) is 16.9 Å². The highest BCUT2D eigenvalue weighted by Gasteiger charge is 2.01. The van der Waals surface area contributed by atoms with Crippen molar-refractivity contribution in [3.8, 4) is 5.75 Å². The molecule has 0 amide bonds. The topological polar surface area (TPSA) is 67.2 Å². The third kappa shape index (κ3) is 2.81. The average molecular weight is 266 g/mol. The van der Waals surface area contributed by atoms with E-state index >= 15 is 0 Å². The summed E-state index contributed by atoms with van der Waals surface area (Å²) in [5, 5.41) is 15.0. The Kier molecular flexibility index (Phi) is 3.53. The normalized spacial score (nSPS) is 10.3. The molecule has 0 spiro atoms. The van der Waals surface area contributed by atoms with Crippen molar-refractivity contribution >= 4 is 17.6 Å². The molecular weight excluding hydrogens is 256 g/mol. The predicted octanol–water partition coefficient (Wildman–Crippen LogP) is 1.24. The maximum Gasteiger partial charge on any atom is 0.180 e. The van der Waals surface area contributed by atoms with Gasteiger partial charge in [-0.1, -0.05) is 11.6 Å². The second-order valence-corrected chi connectivity index (χ2v) is 4.12. The summed E-state index contributed by atoms with van der Waals surface area (Å²) < 4.78 is 6.82. The summed E-state index contributed by atoms with van der Waals surface area (Å²) in [6.45, 7) is 1.99. The Balaban J connectivity index is 2.02. The van der Waals surface area contributed by atoms with Crippen molar-refractivity contribution in [1.82, 2.24) is 9.78 Å². The molecular formula is C12H10ClN2O3-. The van der Waals surface area contributed by atoms with Crippen molar-refractivity contribution in [1.29, 1.82) is 0 Å². The molecule has 6 heteroatoms. The van der Waals surface area contributed by atoms with E-state index < -0.39 is 5.97 Å². The van der Waals surface area contributed by atoms with Gasteiger partial charge in [-0.25, -0.2) is 4.68 Å². The summed E-state index contributed by atoms with van der Waals surface area (Å²) >= 11 is 5.89. The Morgan fingerprint density at radius 3 is 2.89 bits per heavy atom. The number of rotatable bonds is 4. The van der Waals surface area contributed by atoms with Gasteiger partial charge in [-0.3, -0.25) is 0 Å². The SMILES string of the molecule is Cc1cc(OCn2ccc(C(=O)[O-])n2)ccc1Cl. The van der Waals surface area contributed by atoms with Gasteiger partial charge in [0.2, 0.25) is 0 Å². The lowest BCUT2D eigenvalue weighted by atomic mass is 10.2. The first-order valence-corrected chi connectivity index (χ1v) is 5.58. The monoisotopic (exact) mass is 265 g/mol. The molecule has 0 saturated heterocycles. The molecule has 1 heterocycles. The van der Waals surface area contributed by atoms with Gasteiger partial charge in [0, 0.05) is 11.2 Å². The van der Waals surface area contributed by atoms with Gasteiger partial charge >= 0.3 is 0 Å². The number of carbonyl (C=O) groups excluding carboxylic acids is 1. The van der Waals surface area contributed by atoms with Gasteiger partial charge in [0.1, 0.15) is 11.4 Å². The number of hydrogen-bond donors (Lipinski definition) is 0. The van der Waals surface area contributed by atoms with E-state index in [1.54, 1.807) is 18.2 Å². The highest BCUT2D eigenvalue weighted by Crippen LogP contribution is 2.21. The lowest BCUT2D eigenvalue weighted by molar-refractivity contribution is -0.255. The zero-order valence-electron chi connectivity index (χ0n) is 9.59. The molecule has 18 heavy (non-hydrogen) atoms. The lowest BCUT2D eigenvalue weighted by Crippen LogP contribution is -2.23. The Hall–Kier alpha value is -2.01. The smallest absolute Gasteiger partial charge is 0.180 e. The third-order valence-corrected chi connectivity index (χ3v) is 2.77. The van der Waals surface area contributed by atoms with Crippen LogP contribution in [0.2, 0.25) is 5.02 Å². The van der Waals surface area contributed by atoms with Crippen LogP contribution in [-0.2, 0) is 6.73 Å². The van der Waals surface area contributed by atoms with Gasteiger partial charge in [0.25, 0.3) is 0 Å². The van der Waals surface area contributed by atoms with Crippen molar-refractivity contribution in [3.05, 3.63) is 46.7 Å². The maximum absolute atomic E-state index is 10.5. The highest BCUT2D eigenvalue weighted by atomic mass is 35.5. The largest absolute Gasteiger partial charge is 0.543 e.